The molecule has 0 radical (unpaired) electrons. The first-order valence-corrected chi connectivity index (χ1v) is 5.61. The topological polar surface area (TPSA) is 39.1 Å². The Balaban J connectivity index is 2.29. The molecule has 0 aliphatic carbocycles. The monoisotopic (exact) mass is 211 g/mol. The summed E-state index contributed by atoms with van der Waals surface area (Å²) in [5.74, 6) is 0. The van der Waals surface area contributed by atoms with Gasteiger partial charge >= 0.3 is 0 Å². The number of hydrogen-bond acceptors (Lipinski definition) is 3. The maximum Gasteiger partial charge on any atom is 0.0590 e. The first kappa shape index (κ1) is 12.2. The summed E-state index contributed by atoms with van der Waals surface area (Å²) in [5, 5.41) is 7.64. The molecule has 0 aliphatic rings. The molecule has 0 saturated carbocycles. The summed E-state index contributed by atoms with van der Waals surface area (Å²) in [7, 11) is 0. The molecule has 1 N–H and O–H groups in total. The molecule has 0 aromatic carbocycles. The van der Waals surface area contributed by atoms with Gasteiger partial charge < -0.3 is 10.1 Å². The van der Waals surface area contributed by atoms with Crippen LogP contribution in [-0.4, -0.2) is 29.5 Å². The van der Waals surface area contributed by atoms with Crippen molar-refractivity contribution in [3.63, 3.8) is 0 Å². The zero-order valence-corrected chi connectivity index (χ0v) is 9.86. The predicted molar refractivity (Wildman–Crippen MR) is 60.8 cm³/mol. The van der Waals surface area contributed by atoms with Gasteiger partial charge in [-0.25, -0.2) is 0 Å². The van der Waals surface area contributed by atoms with Crippen LogP contribution in [0.2, 0.25) is 0 Å². The molecule has 1 heterocycles. The molecule has 0 aliphatic heterocycles. The molecule has 0 spiro atoms. The van der Waals surface area contributed by atoms with E-state index in [-0.39, 0.29) is 0 Å². The molecule has 0 amide bonds. The fraction of sp³-hybridized carbons (Fsp3) is 0.727. The van der Waals surface area contributed by atoms with Crippen LogP contribution in [0.3, 0.4) is 0 Å². The molecule has 4 nitrogen and oxygen atoms in total. The van der Waals surface area contributed by atoms with Crippen LogP contribution in [-0.2, 0) is 11.3 Å². The van der Waals surface area contributed by atoms with Crippen LogP contribution in [0, 0.1) is 0 Å². The van der Waals surface area contributed by atoms with Crippen molar-refractivity contribution in [2.45, 2.75) is 33.4 Å². The van der Waals surface area contributed by atoms with E-state index in [0.717, 1.165) is 26.3 Å². The Hall–Kier alpha value is -0.870. The van der Waals surface area contributed by atoms with Crippen molar-refractivity contribution in [2.24, 2.45) is 0 Å². The zero-order valence-electron chi connectivity index (χ0n) is 9.86. The highest BCUT2D eigenvalue weighted by molar-refractivity contribution is 5.08. The van der Waals surface area contributed by atoms with Crippen molar-refractivity contribution in [1.82, 2.24) is 15.1 Å². The Morgan fingerprint density at radius 1 is 1.53 bits per heavy atom. The minimum atomic E-state index is 0.339. The summed E-state index contributed by atoms with van der Waals surface area (Å²) in [4.78, 5) is 0. The minimum Gasteiger partial charge on any atom is -0.380 e. The van der Waals surface area contributed by atoms with Gasteiger partial charge in [0.15, 0.2) is 0 Å². The molecule has 0 fully saturated rings. The van der Waals surface area contributed by atoms with Crippen LogP contribution < -0.4 is 5.32 Å². The van der Waals surface area contributed by atoms with Crippen LogP contribution in [0.25, 0.3) is 0 Å². The fourth-order valence-corrected chi connectivity index (χ4v) is 1.39. The number of ether oxygens (including phenoxy) is 1. The normalized spacial score (nSPS) is 13.0. The second-order valence-corrected chi connectivity index (χ2v) is 3.50. The van der Waals surface area contributed by atoms with E-state index in [4.69, 9.17) is 4.74 Å². The maximum atomic E-state index is 5.26. The highest BCUT2D eigenvalue weighted by Gasteiger charge is 2.06. The van der Waals surface area contributed by atoms with Gasteiger partial charge in [-0.3, -0.25) is 4.68 Å². The van der Waals surface area contributed by atoms with Gasteiger partial charge in [0, 0.05) is 37.5 Å². The average Bonchev–Trinajstić information content (AvgIpc) is 2.72. The van der Waals surface area contributed by atoms with E-state index in [9.17, 15) is 0 Å². The van der Waals surface area contributed by atoms with Crippen LogP contribution in [0.5, 0.6) is 0 Å². The van der Waals surface area contributed by atoms with Gasteiger partial charge in [0.2, 0.25) is 0 Å². The van der Waals surface area contributed by atoms with E-state index >= 15 is 0 Å². The Morgan fingerprint density at radius 3 is 2.93 bits per heavy atom. The summed E-state index contributed by atoms with van der Waals surface area (Å²) < 4.78 is 7.20. The van der Waals surface area contributed by atoms with Crippen LogP contribution in [0.1, 0.15) is 32.4 Å². The number of rotatable bonds is 7. The van der Waals surface area contributed by atoms with Gasteiger partial charge in [-0.15, -0.1) is 0 Å². The van der Waals surface area contributed by atoms with Crippen LogP contribution in [0.4, 0.5) is 0 Å². The molecule has 1 rings (SSSR count). The van der Waals surface area contributed by atoms with Crippen molar-refractivity contribution >= 4 is 0 Å². The fourth-order valence-electron chi connectivity index (χ4n) is 1.39. The Bertz CT molecular complexity index is 273. The minimum absolute atomic E-state index is 0.339. The largest absolute Gasteiger partial charge is 0.380 e. The number of nitrogens with one attached hydrogen (secondary N) is 1. The molecule has 1 aromatic heterocycles. The summed E-state index contributed by atoms with van der Waals surface area (Å²) in [6.45, 7) is 9.59. The van der Waals surface area contributed by atoms with Gasteiger partial charge in [0.05, 0.1) is 12.8 Å². The molecular weight excluding hydrogens is 190 g/mol. The molecule has 1 unspecified atom stereocenters. The lowest BCUT2D eigenvalue weighted by atomic mass is 10.2. The van der Waals surface area contributed by atoms with Crippen molar-refractivity contribution in [3.8, 4) is 0 Å². The van der Waals surface area contributed by atoms with Gasteiger partial charge in [-0.1, -0.05) is 0 Å². The van der Waals surface area contributed by atoms with Crippen LogP contribution >= 0.6 is 0 Å². The van der Waals surface area contributed by atoms with Crippen molar-refractivity contribution in [1.29, 1.82) is 0 Å². The molecule has 4 heteroatoms. The van der Waals surface area contributed by atoms with Gasteiger partial charge in [0.1, 0.15) is 0 Å². The molecule has 15 heavy (non-hydrogen) atoms. The summed E-state index contributed by atoms with van der Waals surface area (Å²) in [6.07, 6.45) is 4.00. The van der Waals surface area contributed by atoms with Crippen molar-refractivity contribution < 1.29 is 4.74 Å². The first-order valence-electron chi connectivity index (χ1n) is 5.61. The third-order valence-corrected chi connectivity index (χ3v) is 2.38. The van der Waals surface area contributed by atoms with E-state index in [1.54, 1.807) is 0 Å². The third-order valence-electron chi connectivity index (χ3n) is 2.38. The molecule has 0 saturated heterocycles. The Labute approximate surface area is 91.6 Å². The van der Waals surface area contributed by atoms with E-state index < -0.39 is 0 Å². The Kier molecular flexibility index (Phi) is 5.36. The SMILES string of the molecule is CCOCCNC(C)c1cnn(CC)c1. The van der Waals surface area contributed by atoms with E-state index in [1.807, 2.05) is 17.8 Å². The van der Waals surface area contributed by atoms with Gasteiger partial charge in [-0.05, 0) is 20.8 Å². The average molecular weight is 211 g/mol. The standard InChI is InChI=1S/C11H21N3O/c1-4-14-9-11(8-13-14)10(3)12-6-7-15-5-2/h8-10,12H,4-7H2,1-3H3. The van der Waals surface area contributed by atoms with Gasteiger partial charge in [-0.2, -0.15) is 5.10 Å². The number of hydrogen-bond donors (Lipinski definition) is 1. The molecule has 0 bridgehead atoms. The molecule has 86 valence electrons. The van der Waals surface area contributed by atoms with Gasteiger partial charge in [0.25, 0.3) is 0 Å². The summed E-state index contributed by atoms with van der Waals surface area (Å²) in [6, 6.07) is 0.339. The highest BCUT2D eigenvalue weighted by Crippen LogP contribution is 2.09. The van der Waals surface area contributed by atoms with E-state index in [2.05, 4.69) is 30.5 Å². The molecular formula is C11H21N3O. The molecule has 1 atom stereocenters. The predicted octanol–water partition coefficient (Wildman–Crippen LogP) is 1.59. The van der Waals surface area contributed by atoms with Crippen LogP contribution in [0.15, 0.2) is 12.4 Å². The number of aromatic nitrogens is 2. The van der Waals surface area contributed by atoms with Crippen molar-refractivity contribution in [2.75, 3.05) is 19.8 Å². The van der Waals surface area contributed by atoms with E-state index in [1.165, 1.54) is 5.56 Å². The zero-order chi connectivity index (χ0) is 11.1. The second-order valence-electron chi connectivity index (χ2n) is 3.50. The quantitative estimate of drug-likeness (QED) is 0.696. The Morgan fingerprint density at radius 2 is 2.33 bits per heavy atom. The number of aryl methyl sites for hydroxylation is 1. The second kappa shape index (κ2) is 6.58. The lowest BCUT2D eigenvalue weighted by Gasteiger charge is -2.11. The highest BCUT2D eigenvalue weighted by atomic mass is 16.5. The first-order chi connectivity index (χ1) is 7.27. The summed E-state index contributed by atoms with van der Waals surface area (Å²) in [5.41, 5.74) is 1.23. The third kappa shape index (κ3) is 4.01. The maximum absolute atomic E-state index is 5.26. The molecule has 1 aromatic rings. The number of nitrogens with zero attached hydrogens (tertiary/aromatic N) is 2. The lowest BCUT2D eigenvalue weighted by molar-refractivity contribution is 0.147. The van der Waals surface area contributed by atoms with Crippen molar-refractivity contribution in [3.05, 3.63) is 18.0 Å². The summed E-state index contributed by atoms with van der Waals surface area (Å²) >= 11 is 0. The smallest absolute Gasteiger partial charge is 0.0590 e. The lowest BCUT2D eigenvalue weighted by Crippen LogP contribution is -2.23. The van der Waals surface area contributed by atoms with E-state index in [0.29, 0.717) is 6.04 Å².